The van der Waals surface area contributed by atoms with Crippen molar-refractivity contribution in [3.8, 4) is 0 Å². The van der Waals surface area contributed by atoms with E-state index in [-0.39, 0.29) is 5.91 Å². The number of nitrogens with zero attached hydrogens (tertiary/aromatic N) is 4. The van der Waals surface area contributed by atoms with Crippen molar-refractivity contribution < 1.29 is 4.79 Å². The van der Waals surface area contributed by atoms with Crippen LogP contribution in [-0.4, -0.2) is 38.4 Å². The maximum atomic E-state index is 12.6. The molecule has 5 nitrogen and oxygen atoms in total. The van der Waals surface area contributed by atoms with Gasteiger partial charge < -0.3 is 9.47 Å². The van der Waals surface area contributed by atoms with Gasteiger partial charge in [0.05, 0.1) is 5.56 Å². The molecule has 0 bridgehead atoms. The molecule has 3 heterocycles. The second kappa shape index (κ2) is 6.52. The van der Waals surface area contributed by atoms with Crippen LogP contribution < -0.4 is 0 Å². The Morgan fingerprint density at radius 3 is 2.57 bits per heavy atom. The summed E-state index contributed by atoms with van der Waals surface area (Å²) in [5.41, 5.74) is 2.94. The lowest BCUT2D eigenvalue weighted by Crippen LogP contribution is -2.39. The van der Waals surface area contributed by atoms with Gasteiger partial charge in [-0.2, -0.15) is 0 Å². The molecule has 0 N–H and O–H groups in total. The van der Waals surface area contributed by atoms with Crippen molar-refractivity contribution >= 4 is 5.91 Å². The van der Waals surface area contributed by atoms with Gasteiger partial charge in [-0.1, -0.05) is 0 Å². The minimum absolute atomic E-state index is 0.115. The molecule has 1 aliphatic rings. The summed E-state index contributed by atoms with van der Waals surface area (Å²) in [6.07, 6.45) is 7.43. The van der Waals surface area contributed by atoms with Crippen LogP contribution in [0.3, 0.4) is 0 Å². The van der Waals surface area contributed by atoms with E-state index < -0.39 is 0 Å². The molecule has 0 atom stereocenters. The Kier molecular flexibility index (Phi) is 4.46. The zero-order valence-electron chi connectivity index (χ0n) is 14.1. The van der Waals surface area contributed by atoms with Crippen molar-refractivity contribution in [3.05, 3.63) is 47.3 Å². The van der Waals surface area contributed by atoms with Gasteiger partial charge in [0.25, 0.3) is 5.91 Å². The largest absolute Gasteiger partial charge is 0.339 e. The predicted octanol–water partition coefficient (Wildman–Crippen LogP) is 2.76. The van der Waals surface area contributed by atoms with E-state index in [4.69, 9.17) is 0 Å². The van der Waals surface area contributed by atoms with Crippen LogP contribution in [0.1, 0.15) is 40.3 Å². The Bertz CT molecular complexity index is 679. The number of likely N-dealkylation sites (tertiary alicyclic amines) is 1. The third kappa shape index (κ3) is 3.28. The number of amides is 1. The molecule has 2 aromatic heterocycles. The van der Waals surface area contributed by atoms with Gasteiger partial charge in [0.1, 0.15) is 5.82 Å². The first-order chi connectivity index (χ1) is 11.1. The van der Waals surface area contributed by atoms with Crippen LogP contribution in [0.25, 0.3) is 0 Å². The van der Waals surface area contributed by atoms with Crippen molar-refractivity contribution in [1.82, 2.24) is 19.4 Å². The molecule has 23 heavy (non-hydrogen) atoms. The summed E-state index contributed by atoms with van der Waals surface area (Å²) in [7, 11) is 0. The Balaban J connectivity index is 1.60. The van der Waals surface area contributed by atoms with E-state index in [9.17, 15) is 4.79 Å². The Hall–Kier alpha value is -2.17. The number of carbonyl (C=O) groups is 1. The van der Waals surface area contributed by atoms with Gasteiger partial charge in [-0.15, -0.1) is 0 Å². The Morgan fingerprint density at radius 2 is 1.96 bits per heavy atom. The van der Waals surface area contributed by atoms with Crippen LogP contribution in [-0.2, 0) is 6.54 Å². The van der Waals surface area contributed by atoms with Gasteiger partial charge >= 0.3 is 0 Å². The summed E-state index contributed by atoms with van der Waals surface area (Å²) >= 11 is 0. The summed E-state index contributed by atoms with van der Waals surface area (Å²) in [5.74, 6) is 1.80. The number of pyridine rings is 1. The van der Waals surface area contributed by atoms with E-state index in [1.807, 2.05) is 24.1 Å². The lowest BCUT2D eigenvalue weighted by molar-refractivity contribution is 0.0681. The molecule has 0 radical (unpaired) electrons. The van der Waals surface area contributed by atoms with Gasteiger partial charge in [0, 0.05) is 43.9 Å². The van der Waals surface area contributed by atoms with Crippen molar-refractivity contribution in [1.29, 1.82) is 0 Å². The first-order valence-electron chi connectivity index (χ1n) is 8.25. The molecule has 2 aromatic rings. The van der Waals surface area contributed by atoms with Crippen molar-refractivity contribution in [2.24, 2.45) is 5.92 Å². The summed E-state index contributed by atoms with van der Waals surface area (Å²) in [5, 5.41) is 0. The van der Waals surface area contributed by atoms with Crippen LogP contribution in [0.4, 0.5) is 0 Å². The van der Waals surface area contributed by atoms with Crippen LogP contribution in [0.2, 0.25) is 0 Å². The normalized spacial score (nSPS) is 15.9. The second-order valence-electron chi connectivity index (χ2n) is 6.48. The number of piperidine rings is 1. The molecule has 3 rings (SSSR count). The number of rotatable bonds is 3. The summed E-state index contributed by atoms with van der Waals surface area (Å²) in [6, 6.07) is 1.89. The average molecular weight is 312 g/mol. The molecule has 0 aromatic carbocycles. The number of carbonyl (C=O) groups excluding carboxylic acids is 1. The van der Waals surface area contributed by atoms with Gasteiger partial charge in [-0.3, -0.25) is 9.78 Å². The second-order valence-corrected chi connectivity index (χ2v) is 6.48. The van der Waals surface area contributed by atoms with E-state index in [1.165, 1.54) is 5.69 Å². The standard InChI is InChI=1S/C18H24N4O/c1-13-4-7-19-11-17(13)18(23)21-8-5-16(6-9-21)12-22-14(2)10-20-15(22)3/h4,7,10-11,16H,5-6,8-9,12H2,1-3H3. The fourth-order valence-corrected chi connectivity index (χ4v) is 3.29. The zero-order chi connectivity index (χ0) is 16.4. The third-order valence-corrected chi connectivity index (χ3v) is 4.87. The fourth-order valence-electron chi connectivity index (χ4n) is 3.29. The smallest absolute Gasteiger partial charge is 0.255 e. The van der Waals surface area contributed by atoms with Gasteiger partial charge in [0.15, 0.2) is 0 Å². The molecular formula is C18H24N4O. The predicted molar refractivity (Wildman–Crippen MR) is 89.3 cm³/mol. The highest BCUT2D eigenvalue weighted by molar-refractivity contribution is 5.95. The Morgan fingerprint density at radius 1 is 1.22 bits per heavy atom. The highest BCUT2D eigenvalue weighted by atomic mass is 16.2. The van der Waals surface area contributed by atoms with Gasteiger partial charge in [0.2, 0.25) is 0 Å². The number of aryl methyl sites for hydroxylation is 3. The summed E-state index contributed by atoms with van der Waals surface area (Å²) < 4.78 is 2.29. The third-order valence-electron chi connectivity index (χ3n) is 4.87. The van der Waals surface area contributed by atoms with Gasteiger partial charge in [-0.05, 0) is 51.2 Å². The maximum Gasteiger partial charge on any atom is 0.255 e. The zero-order valence-corrected chi connectivity index (χ0v) is 14.1. The van der Waals surface area contributed by atoms with Crippen LogP contribution in [0, 0.1) is 26.7 Å². The van der Waals surface area contributed by atoms with Crippen LogP contribution >= 0.6 is 0 Å². The molecule has 1 aliphatic heterocycles. The molecular weight excluding hydrogens is 288 g/mol. The lowest BCUT2D eigenvalue weighted by Gasteiger charge is -2.32. The molecule has 122 valence electrons. The first-order valence-corrected chi connectivity index (χ1v) is 8.25. The highest BCUT2D eigenvalue weighted by Crippen LogP contribution is 2.22. The minimum atomic E-state index is 0.115. The van der Waals surface area contributed by atoms with E-state index in [0.29, 0.717) is 5.92 Å². The molecule has 0 aliphatic carbocycles. The maximum absolute atomic E-state index is 12.6. The quantitative estimate of drug-likeness (QED) is 0.875. The van der Waals surface area contributed by atoms with Crippen molar-refractivity contribution in [3.63, 3.8) is 0 Å². The fraction of sp³-hybridized carbons (Fsp3) is 0.500. The van der Waals surface area contributed by atoms with E-state index in [0.717, 1.165) is 49.4 Å². The molecule has 1 amide bonds. The van der Waals surface area contributed by atoms with E-state index in [2.05, 4.69) is 28.4 Å². The average Bonchev–Trinajstić information content (AvgIpc) is 2.87. The molecule has 1 saturated heterocycles. The molecule has 0 spiro atoms. The van der Waals surface area contributed by atoms with Crippen molar-refractivity contribution in [2.45, 2.75) is 40.2 Å². The Labute approximate surface area is 137 Å². The first kappa shape index (κ1) is 15.7. The molecule has 0 unspecified atom stereocenters. The van der Waals surface area contributed by atoms with Gasteiger partial charge in [-0.25, -0.2) is 4.98 Å². The van der Waals surface area contributed by atoms with Crippen molar-refractivity contribution in [2.75, 3.05) is 13.1 Å². The van der Waals surface area contributed by atoms with E-state index >= 15 is 0 Å². The van der Waals surface area contributed by atoms with Crippen LogP contribution in [0.5, 0.6) is 0 Å². The topological polar surface area (TPSA) is 51.0 Å². The van der Waals surface area contributed by atoms with Crippen LogP contribution in [0.15, 0.2) is 24.7 Å². The van der Waals surface area contributed by atoms with E-state index in [1.54, 1.807) is 12.4 Å². The monoisotopic (exact) mass is 312 g/mol. The number of hydrogen-bond donors (Lipinski definition) is 0. The molecule has 5 heteroatoms. The number of imidazole rings is 1. The SMILES string of the molecule is Cc1ccncc1C(=O)N1CCC(Cn2c(C)cnc2C)CC1. The highest BCUT2D eigenvalue weighted by Gasteiger charge is 2.25. The molecule has 1 fully saturated rings. The summed E-state index contributed by atoms with van der Waals surface area (Å²) in [4.78, 5) is 23.0. The number of hydrogen-bond acceptors (Lipinski definition) is 3. The molecule has 0 saturated carbocycles. The number of aromatic nitrogens is 3. The minimum Gasteiger partial charge on any atom is -0.339 e. The summed E-state index contributed by atoms with van der Waals surface area (Å²) in [6.45, 7) is 8.77. The lowest BCUT2D eigenvalue weighted by atomic mass is 9.96.